The number of hydrogen-bond donors (Lipinski definition) is 0. The van der Waals surface area contributed by atoms with E-state index in [0.717, 1.165) is 17.5 Å². The molecule has 1 aliphatic rings. The molecule has 6 nitrogen and oxygen atoms in total. The summed E-state index contributed by atoms with van der Waals surface area (Å²) < 4.78 is 33.3. The van der Waals surface area contributed by atoms with Crippen LogP contribution in [0.15, 0.2) is 83.8 Å². The normalized spacial score (nSPS) is 14.6. The average Bonchev–Trinajstić information content (AvgIpc) is 2.87. The van der Waals surface area contributed by atoms with Crippen LogP contribution in [0.3, 0.4) is 0 Å². The van der Waals surface area contributed by atoms with Crippen LogP contribution in [-0.2, 0) is 27.8 Å². The van der Waals surface area contributed by atoms with Gasteiger partial charge in [-0.3, -0.25) is 4.79 Å². The van der Waals surface area contributed by atoms with Gasteiger partial charge in [0.15, 0.2) is 0 Å². The van der Waals surface area contributed by atoms with Gasteiger partial charge in [-0.2, -0.15) is 4.31 Å². The van der Waals surface area contributed by atoms with Crippen molar-refractivity contribution < 1.29 is 17.9 Å². The number of carbonyl (C=O) groups is 1. The summed E-state index contributed by atoms with van der Waals surface area (Å²) in [6, 6.07) is 23.0. The van der Waals surface area contributed by atoms with E-state index in [1.54, 1.807) is 49.6 Å². The summed E-state index contributed by atoms with van der Waals surface area (Å²) in [4.78, 5) is 15.4. The molecule has 0 fully saturated rings. The number of nitrogens with zero attached hydrogens (tertiary/aromatic N) is 2. The minimum Gasteiger partial charge on any atom is -0.497 e. The lowest BCUT2D eigenvalue weighted by Crippen LogP contribution is -2.39. The summed E-state index contributed by atoms with van der Waals surface area (Å²) in [7, 11) is -0.678. The molecule has 0 radical (unpaired) electrons. The van der Waals surface area contributed by atoms with Gasteiger partial charge in [0, 0.05) is 26.6 Å². The molecule has 1 aliphatic heterocycles. The average molecular weight is 465 g/mol. The zero-order valence-electron chi connectivity index (χ0n) is 18.8. The molecule has 3 aromatic rings. The van der Waals surface area contributed by atoms with Gasteiger partial charge in [-0.1, -0.05) is 54.6 Å². The van der Waals surface area contributed by atoms with Gasteiger partial charge in [-0.05, 0) is 47.4 Å². The Morgan fingerprint density at radius 1 is 0.970 bits per heavy atom. The third-order valence-electron chi connectivity index (χ3n) is 6.21. The van der Waals surface area contributed by atoms with E-state index < -0.39 is 16.1 Å². The molecule has 0 N–H and O–H groups in total. The van der Waals surface area contributed by atoms with Gasteiger partial charge in [0.25, 0.3) is 0 Å². The highest BCUT2D eigenvalue weighted by Crippen LogP contribution is 2.31. The second kappa shape index (κ2) is 9.77. The number of methoxy groups -OCH3 is 1. The van der Waals surface area contributed by atoms with Crippen molar-refractivity contribution in [3.05, 3.63) is 95.6 Å². The predicted octanol–water partition coefficient (Wildman–Crippen LogP) is 4.03. The monoisotopic (exact) mass is 464 g/mol. The highest BCUT2D eigenvalue weighted by molar-refractivity contribution is 7.89. The Morgan fingerprint density at radius 2 is 1.61 bits per heavy atom. The van der Waals surface area contributed by atoms with Crippen molar-refractivity contribution >= 4 is 15.9 Å². The molecule has 0 bridgehead atoms. The molecule has 4 rings (SSSR count). The summed E-state index contributed by atoms with van der Waals surface area (Å²) >= 11 is 0. The Morgan fingerprint density at radius 3 is 2.27 bits per heavy atom. The van der Waals surface area contributed by atoms with Crippen LogP contribution < -0.4 is 4.74 Å². The van der Waals surface area contributed by atoms with Gasteiger partial charge in [0.1, 0.15) is 5.75 Å². The van der Waals surface area contributed by atoms with E-state index in [9.17, 15) is 13.2 Å². The fourth-order valence-corrected chi connectivity index (χ4v) is 5.58. The molecule has 1 atom stereocenters. The standard InChI is InChI=1S/C26H28N2O4S/c1-27(33(30,31)24-10-4-3-5-11-24)25(21-12-14-23(32-2)15-13-21)18-26(29)28-17-16-20-8-6-7-9-22(20)19-28/h3-15,25H,16-19H2,1-2H3/t25-/m1/s1. The first-order valence-corrected chi connectivity index (χ1v) is 12.4. The highest BCUT2D eigenvalue weighted by atomic mass is 32.2. The second-order valence-corrected chi connectivity index (χ2v) is 10.2. The first-order valence-electron chi connectivity index (χ1n) is 10.9. The Labute approximate surface area is 195 Å². The SMILES string of the molecule is COc1ccc([C@@H](CC(=O)N2CCc3ccccc3C2)N(C)S(=O)(=O)c2ccccc2)cc1. The fraction of sp³-hybridized carbons (Fsp3) is 0.269. The summed E-state index contributed by atoms with van der Waals surface area (Å²) in [5.41, 5.74) is 3.14. The molecule has 3 aromatic carbocycles. The van der Waals surface area contributed by atoms with E-state index in [4.69, 9.17) is 4.74 Å². The molecule has 0 saturated carbocycles. The molecule has 0 aromatic heterocycles. The summed E-state index contributed by atoms with van der Waals surface area (Å²) in [6.45, 7) is 1.17. The molecule has 0 saturated heterocycles. The lowest BCUT2D eigenvalue weighted by molar-refractivity contribution is -0.133. The Balaban J connectivity index is 1.62. The van der Waals surface area contributed by atoms with Crippen LogP contribution in [0.25, 0.3) is 0 Å². The number of fused-ring (bicyclic) bond motifs is 1. The van der Waals surface area contributed by atoms with Gasteiger partial charge in [-0.15, -0.1) is 0 Å². The first kappa shape index (κ1) is 23.0. The van der Waals surface area contributed by atoms with Crippen molar-refractivity contribution in [1.82, 2.24) is 9.21 Å². The van der Waals surface area contributed by atoms with E-state index in [2.05, 4.69) is 6.07 Å². The van der Waals surface area contributed by atoms with E-state index >= 15 is 0 Å². The number of amides is 1. The van der Waals surface area contributed by atoms with Crippen LogP contribution >= 0.6 is 0 Å². The van der Waals surface area contributed by atoms with Crippen molar-refractivity contribution in [3.63, 3.8) is 0 Å². The fourth-order valence-electron chi connectivity index (χ4n) is 4.21. The Kier molecular flexibility index (Phi) is 6.81. The second-order valence-electron chi connectivity index (χ2n) is 8.16. The largest absolute Gasteiger partial charge is 0.497 e. The number of sulfonamides is 1. The van der Waals surface area contributed by atoms with E-state index in [0.29, 0.717) is 18.8 Å². The smallest absolute Gasteiger partial charge is 0.243 e. The minimum absolute atomic E-state index is 0.0526. The third-order valence-corrected chi connectivity index (χ3v) is 8.09. The topological polar surface area (TPSA) is 66.9 Å². The van der Waals surface area contributed by atoms with E-state index in [-0.39, 0.29) is 17.2 Å². The zero-order chi connectivity index (χ0) is 23.4. The number of hydrogen-bond acceptors (Lipinski definition) is 4. The van der Waals surface area contributed by atoms with Crippen LogP contribution in [0, 0.1) is 0 Å². The zero-order valence-corrected chi connectivity index (χ0v) is 19.7. The van der Waals surface area contributed by atoms with Crippen LogP contribution in [0.4, 0.5) is 0 Å². The molecule has 1 amide bonds. The van der Waals surface area contributed by atoms with Crippen LogP contribution in [0.2, 0.25) is 0 Å². The van der Waals surface area contributed by atoms with Crippen molar-refractivity contribution in [3.8, 4) is 5.75 Å². The number of carbonyl (C=O) groups excluding carboxylic acids is 1. The number of benzene rings is 3. The molecular weight excluding hydrogens is 436 g/mol. The van der Waals surface area contributed by atoms with Gasteiger partial charge in [-0.25, -0.2) is 8.42 Å². The number of ether oxygens (including phenoxy) is 1. The number of rotatable bonds is 7. The van der Waals surface area contributed by atoms with E-state index in [1.165, 1.54) is 16.9 Å². The molecule has 7 heteroatoms. The maximum atomic E-state index is 13.4. The van der Waals surface area contributed by atoms with Gasteiger partial charge >= 0.3 is 0 Å². The van der Waals surface area contributed by atoms with Gasteiger partial charge < -0.3 is 9.64 Å². The highest BCUT2D eigenvalue weighted by Gasteiger charge is 2.32. The maximum Gasteiger partial charge on any atom is 0.243 e. The minimum atomic E-state index is -3.80. The predicted molar refractivity (Wildman–Crippen MR) is 127 cm³/mol. The molecule has 0 aliphatic carbocycles. The first-order chi connectivity index (χ1) is 15.9. The van der Waals surface area contributed by atoms with Gasteiger partial charge in [0.2, 0.25) is 15.9 Å². The quantitative estimate of drug-likeness (QED) is 0.530. The maximum absolute atomic E-state index is 13.4. The lowest BCUT2D eigenvalue weighted by Gasteiger charge is -2.33. The van der Waals surface area contributed by atoms with Crippen LogP contribution in [0.5, 0.6) is 5.75 Å². The Hall–Kier alpha value is -3.16. The Bertz CT molecular complexity index is 1210. The van der Waals surface area contributed by atoms with Crippen LogP contribution in [0.1, 0.15) is 29.2 Å². The van der Waals surface area contributed by atoms with Crippen molar-refractivity contribution in [2.75, 3.05) is 20.7 Å². The molecule has 1 heterocycles. The van der Waals surface area contributed by atoms with Crippen molar-refractivity contribution in [2.45, 2.75) is 30.3 Å². The molecule has 0 unspecified atom stereocenters. The molecular formula is C26H28N2O4S. The van der Waals surface area contributed by atoms with Crippen molar-refractivity contribution in [2.24, 2.45) is 0 Å². The summed E-state index contributed by atoms with van der Waals surface area (Å²) in [5, 5.41) is 0. The molecule has 33 heavy (non-hydrogen) atoms. The third kappa shape index (κ3) is 4.94. The van der Waals surface area contributed by atoms with Crippen LogP contribution in [-0.4, -0.2) is 44.2 Å². The summed E-state index contributed by atoms with van der Waals surface area (Å²) in [6.07, 6.45) is 0.852. The molecule has 172 valence electrons. The molecule has 0 spiro atoms. The van der Waals surface area contributed by atoms with E-state index in [1.807, 2.05) is 35.2 Å². The van der Waals surface area contributed by atoms with Gasteiger partial charge in [0.05, 0.1) is 18.0 Å². The summed E-state index contributed by atoms with van der Waals surface area (Å²) in [5.74, 6) is 0.602. The lowest BCUT2D eigenvalue weighted by atomic mass is 9.98. The van der Waals surface area contributed by atoms with Crippen molar-refractivity contribution in [1.29, 1.82) is 0 Å².